The number of amides is 1. The molecule has 1 aromatic heterocycles. The zero-order valence-electron chi connectivity index (χ0n) is 14.7. The fraction of sp³-hybridized carbons (Fsp3) is 0.400. The van der Waals surface area contributed by atoms with E-state index in [9.17, 15) is 19.1 Å². The van der Waals surface area contributed by atoms with Crippen LogP contribution in [0.15, 0.2) is 34.7 Å². The predicted octanol–water partition coefficient (Wildman–Crippen LogP) is 3.77. The molecule has 5 nitrogen and oxygen atoms in total. The van der Waals surface area contributed by atoms with Crippen LogP contribution in [0.2, 0.25) is 0 Å². The van der Waals surface area contributed by atoms with Gasteiger partial charge in [-0.05, 0) is 36.8 Å². The lowest BCUT2D eigenvalue weighted by Crippen LogP contribution is -2.38. The van der Waals surface area contributed by atoms with Crippen LogP contribution in [-0.2, 0) is 12.8 Å². The van der Waals surface area contributed by atoms with Gasteiger partial charge in [-0.1, -0.05) is 25.1 Å². The van der Waals surface area contributed by atoms with Gasteiger partial charge in [-0.25, -0.2) is 9.18 Å². The summed E-state index contributed by atoms with van der Waals surface area (Å²) in [5.41, 5.74) is 0.757. The first-order valence-electron chi connectivity index (χ1n) is 8.88. The van der Waals surface area contributed by atoms with E-state index in [1.54, 1.807) is 24.0 Å². The Hall–Kier alpha value is -2.63. The molecule has 138 valence electrons. The van der Waals surface area contributed by atoms with E-state index in [0.29, 0.717) is 43.2 Å². The molecule has 26 heavy (non-hydrogen) atoms. The highest BCUT2D eigenvalue weighted by molar-refractivity contribution is 5.96. The van der Waals surface area contributed by atoms with Gasteiger partial charge in [0, 0.05) is 25.6 Å². The number of rotatable bonds is 5. The fourth-order valence-corrected chi connectivity index (χ4v) is 3.45. The molecule has 0 atom stereocenters. The molecule has 0 spiro atoms. The van der Waals surface area contributed by atoms with E-state index in [1.807, 2.05) is 6.07 Å². The summed E-state index contributed by atoms with van der Waals surface area (Å²) in [4.78, 5) is 25.5. The smallest absolute Gasteiger partial charge is 0.339 e. The van der Waals surface area contributed by atoms with Gasteiger partial charge in [-0.15, -0.1) is 0 Å². The fourth-order valence-electron chi connectivity index (χ4n) is 3.45. The van der Waals surface area contributed by atoms with Crippen molar-refractivity contribution in [2.45, 2.75) is 32.6 Å². The highest BCUT2D eigenvalue weighted by Crippen LogP contribution is 2.25. The summed E-state index contributed by atoms with van der Waals surface area (Å²) >= 11 is 0. The van der Waals surface area contributed by atoms with Crippen molar-refractivity contribution in [2.75, 3.05) is 13.1 Å². The van der Waals surface area contributed by atoms with Crippen LogP contribution in [0, 0.1) is 11.7 Å². The lowest BCUT2D eigenvalue weighted by atomic mass is 9.90. The van der Waals surface area contributed by atoms with E-state index in [4.69, 9.17) is 4.42 Å². The second kappa shape index (κ2) is 7.72. The van der Waals surface area contributed by atoms with Crippen LogP contribution in [-0.4, -0.2) is 35.0 Å². The molecule has 1 aliphatic rings. The first-order valence-corrected chi connectivity index (χ1v) is 8.88. The molecule has 3 rings (SSSR count). The lowest BCUT2D eigenvalue weighted by molar-refractivity contribution is 0.0653. The molecule has 0 bridgehead atoms. The maximum absolute atomic E-state index is 13.8. The molecule has 0 unspecified atom stereocenters. The average molecular weight is 359 g/mol. The Morgan fingerprint density at radius 1 is 1.27 bits per heavy atom. The molecular weight excluding hydrogens is 337 g/mol. The third-order valence-electron chi connectivity index (χ3n) is 4.94. The van der Waals surface area contributed by atoms with Crippen molar-refractivity contribution in [3.63, 3.8) is 0 Å². The number of carbonyl (C=O) groups excluding carboxylic acids is 1. The summed E-state index contributed by atoms with van der Waals surface area (Å²) in [5, 5.41) is 9.18. The summed E-state index contributed by atoms with van der Waals surface area (Å²) in [6.07, 6.45) is 2.65. The van der Waals surface area contributed by atoms with E-state index >= 15 is 0 Å². The van der Waals surface area contributed by atoms with Crippen LogP contribution in [0.5, 0.6) is 0 Å². The number of likely N-dealkylation sites (tertiary alicyclic amines) is 1. The monoisotopic (exact) mass is 359 g/mol. The largest absolute Gasteiger partial charge is 0.478 e. The molecule has 0 aliphatic carbocycles. The lowest BCUT2D eigenvalue weighted by Gasteiger charge is -2.31. The van der Waals surface area contributed by atoms with Gasteiger partial charge in [0.25, 0.3) is 5.91 Å². The predicted molar refractivity (Wildman–Crippen MR) is 93.8 cm³/mol. The molecular formula is C20H22FNO4. The zero-order chi connectivity index (χ0) is 18.7. The number of aryl methyl sites for hydroxylation is 1. The number of carbonyl (C=O) groups is 2. The van der Waals surface area contributed by atoms with E-state index in [0.717, 1.165) is 12.8 Å². The molecule has 0 saturated carbocycles. The second-order valence-electron chi connectivity index (χ2n) is 6.64. The Morgan fingerprint density at radius 2 is 1.96 bits per heavy atom. The van der Waals surface area contributed by atoms with Crippen LogP contribution in [0.25, 0.3) is 0 Å². The van der Waals surface area contributed by atoms with Crippen molar-refractivity contribution in [3.05, 3.63) is 58.8 Å². The molecule has 1 aliphatic heterocycles. The van der Waals surface area contributed by atoms with E-state index in [2.05, 4.69) is 0 Å². The van der Waals surface area contributed by atoms with Gasteiger partial charge in [-0.3, -0.25) is 4.79 Å². The Kier molecular flexibility index (Phi) is 5.40. The van der Waals surface area contributed by atoms with Crippen molar-refractivity contribution in [1.29, 1.82) is 0 Å². The van der Waals surface area contributed by atoms with Crippen molar-refractivity contribution in [1.82, 2.24) is 4.90 Å². The third kappa shape index (κ3) is 3.79. The first kappa shape index (κ1) is 18.2. The summed E-state index contributed by atoms with van der Waals surface area (Å²) in [7, 11) is 0. The van der Waals surface area contributed by atoms with Gasteiger partial charge in [0.1, 0.15) is 17.1 Å². The minimum absolute atomic E-state index is 0.0466. The third-order valence-corrected chi connectivity index (χ3v) is 4.94. The van der Waals surface area contributed by atoms with Gasteiger partial charge < -0.3 is 14.4 Å². The molecule has 2 aromatic rings. The van der Waals surface area contributed by atoms with E-state index < -0.39 is 5.97 Å². The zero-order valence-corrected chi connectivity index (χ0v) is 14.7. The van der Waals surface area contributed by atoms with E-state index in [-0.39, 0.29) is 23.0 Å². The van der Waals surface area contributed by atoms with Gasteiger partial charge in [0.15, 0.2) is 5.76 Å². The van der Waals surface area contributed by atoms with Gasteiger partial charge >= 0.3 is 5.97 Å². The summed E-state index contributed by atoms with van der Waals surface area (Å²) in [5.74, 6) is -0.838. The normalized spacial score (nSPS) is 15.2. The highest BCUT2D eigenvalue weighted by atomic mass is 19.1. The quantitative estimate of drug-likeness (QED) is 0.882. The molecule has 1 N–H and O–H groups in total. The van der Waals surface area contributed by atoms with Gasteiger partial charge in [0.05, 0.1) is 0 Å². The minimum Gasteiger partial charge on any atom is -0.478 e. The molecule has 6 heteroatoms. The number of hydrogen-bond acceptors (Lipinski definition) is 3. The topological polar surface area (TPSA) is 70.8 Å². The Morgan fingerprint density at radius 3 is 2.54 bits per heavy atom. The number of hydrogen-bond donors (Lipinski definition) is 1. The van der Waals surface area contributed by atoms with Gasteiger partial charge in [-0.2, -0.15) is 0 Å². The van der Waals surface area contributed by atoms with Crippen molar-refractivity contribution < 1.29 is 23.5 Å². The van der Waals surface area contributed by atoms with Crippen molar-refractivity contribution in [3.8, 4) is 0 Å². The number of halogens is 1. The SMILES string of the molecule is CCc1oc(C(=O)N2CCC(Cc3ccccc3F)CC2)cc1C(=O)O. The Bertz CT molecular complexity index is 806. The number of carboxylic acids is 1. The first-order chi connectivity index (χ1) is 12.5. The van der Waals surface area contributed by atoms with Crippen LogP contribution in [0.3, 0.4) is 0 Å². The Balaban J connectivity index is 1.62. The average Bonchev–Trinajstić information content (AvgIpc) is 3.08. The van der Waals surface area contributed by atoms with Crippen molar-refractivity contribution >= 4 is 11.9 Å². The van der Waals surface area contributed by atoms with Crippen molar-refractivity contribution in [2.24, 2.45) is 5.92 Å². The minimum atomic E-state index is -1.09. The van der Waals surface area contributed by atoms with Crippen LogP contribution in [0.4, 0.5) is 4.39 Å². The summed E-state index contributed by atoms with van der Waals surface area (Å²) < 4.78 is 19.2. The molecule has 1 aromatic carbocycles. The number of piperidine rings is 1. The number of benzene rings is 1. The maximum atomic E-state index is 13.8. The molecule has 2 heterocycles. The molecule has 1 saturated heterocycles. The van der Waals surface area contributed by atoms with Crippen LogP contribution >= 0.6 is 0 Å². The Labute approximate surface area is 151 Å². The molecule has 1 amide bonds. The number of furan rings is 1. The van der Waals surface area contributed by atoms with E-state index in [1.165, 1.54) is 12.1 Å². The summed E-state index contributed by atoms with van der Waals surface area (Å²) in [6, 6.07) is 8.10. The molecule has 1 fully saturated rings. The maximum Gasteiger partial charge on any atom is 0.339 e. The number of aromatic carboxylic acids is 1. The summed E-state index contributed by atoms with van der Waals surface area (Å²) in [6.45, 7) is 2.90. The van der Waals surface area contributed by atoms with Crippen LogP contribution < -0.4 is 0 Å². The van der Waals surface area contributed by atoms with Gasteiger partial charge in [0.2, 0.25) is 0 Å². The number of nitrogens with zero attached hydrogens (tertiary/aromatic N) is 1. The molecule has 0 radical (unpaired) electrons. The number of carboxylic acid groups (broad SMARTS) is 1. The highest BCUT2D eigenvalue weighted by Gasteiger charge is 2.28. The van der Waals surface area contributed by atoms with Crippen LogP contribution in [0.1, 0.15) is 52.0 Å². The standard InChI is InChI=1S/C20H22FNO4/c1-2-17-15(20(24)25)12-18(26-17)19(23)22-9-7-13(8-10-22)11-14-5-3-4-6-16(14)21/h3-6,12-13H,2,7-11H2,1H3,(H,24,25). The second-order valence-corrected chi connectivity index (χ2v) is 6.64.